The van der Waals surface area contributed by atoms with Crippen molar-refractivity contribution in [1.29, 1.82) is 0 Å². The van der Waals surface area contributed by atoms with E-state index < -0.39 is 5.60 Å². The Morgan fingerprint density at radius 1 is 1.58 bits per heavy atom. The van der Waals surface area contributed by atoms with E-state index in [9.17, 15) is 5.11 Å². The topological polar surface area (TPSA) is 40.5 Å². The standard InChI is InChI=1S/C10H18O2/c1-4-10(3,12)7-5-6-9(2)8-11/h4-6,9,11-12H,1,7-8H2,2-3H3. The summed E-state index contributed by atoms with van der Waals surface area (Å²) in [6.45, 7) is 7.28. The lowest BCUT2D eigenvalue weighted by Gasteiger charge is -2.15. The molecule has 2 nitrogen and oxygen atoms in total. The Hall–Kier alpha value is -0.600. The fourth-order valence-electron chi connectivity index (χ4n) is 0.683. The Morgan fingerprint density at radius 2 is 2.17 bits per heavy atom. The number of aliphatic hydroxyl groups is 2. The molecule has 12 heavy (non-hydrogen) atoms. The molecule has 0 radical (unpaired) electrons. The van der Waals surface area contributed by atoms with E-state index >= 15 is 0 Å². The van der Waals surface area contributed by atoms with Gasteiger partial charge in [0.05, 0.1) is 5.60 Å². The highest BCUT2D eigenvalue weighted by Crippen LogP contribution is 2.11. The van der Waals surface area contributed by atoms with Gasteiger partial charge >= 0.3 is 0 Å². The molecule has 2 heteroatoms. The van der Waals surface area contributed by atoms with E-state index in [0.29, 0.717) is 6.42 Å². The van der Waals surface area contributed by atoms with E-state index in [-0.39, 0.29) is 12.5 Å². The van der Waals surface area contributed by atoms with Gasteiger partial charge in [0.25, 0.3) is 0 Å². The molecule has 0 fully saturated rings. The number of rotatable bonds is 5. The van der Waals surface area contributed by atoms with E-state index in [1.807, 2.05) is 19.1 Å². The first kappa shape index (κ1) is 11.4. The van der Waals surface area contributed by atoms with E-state index in [1.54, 1.807) is 6.92 Å². The largest absolute Gasteiger partial charge is 0.396 e. The van der Waals surface area contributed by atoms with Crippen molar-refractivity contribution in [3.05, 3.63) is 24.8 Å². The zero-order valence-corrected chi connectivity index (χ0v) is 7.83. The highest BCUT2D eigenvalue weighted by molar-refractivity contribution is 4.99. The summed E-state index contributed by atoms with van der Waals surface area (Å²) in [5, 5.41) is 18.2. The van der Waals surface area contributed by atoms with Crippen LogP contribution in [0.3, 0.4) is 0 Å². The van der Waals surface area contributed by atoms with Gasteiger partial charge in [-0.2, -0.15) is 0 Å². The minimum atomic E-state index is -0.828. The van der Waals surface area contributed by atoms with Crippen LogP contribution in [-0.4, -0.2) is 22.4 Å². The molecule has 0 aliphatic heterocycles. The average molecular weight is 170 g/mol. The molecule has 2 unspecified atom stereocenters. The third-order valence-electron chi connectivity index (χ3n) is 1.72. The second-order valence-electron chi connectivity index (χ2n) is 3.35. The zero-order valence-electron chi connectivity index (χ0n) is 7.83. The highest BCUT2D eigenvalue weighted by Gasteiger charge is 2.11. The molecule has 0 spiro atoms. The second kappa shape index (κ2) is 5.12. The van der Waals surface area contributed by atoms with Crippen LogP contribution in [0.4, 0.5) is 0 Å². The lowest BCUT2D eigenvalue weighted by Crippen LogP contribution is -2.18. The summed E-state index contributed by atoms with van der Waals surface area (Å²) in [5.41, 5.74) is -0.828. The molecule has 0 saturated carbocycles. The van der Waals surface area contributed by atoms with E-state index in [2.05, 4.69) is 6.58 Å². The molecular weight excluding hydrogens is 152 g/mol. The van der Waals surface area contributed by atoms with Crippen LogP contribution in [-0.2, 0) is 0 Å². The fraction of sp³-hybridized carbons (Fsp3) is 0.600. The Morgan fingerprint density at radius 3 is 2.58 bits per heavy atom. The van der Waals surface area contributed by atoms with E-state index in [4.69, 9.17) is 5.11 Å². The molecule has 0 aromatic heterocycles. The lowest BCUT2D eigenvalue weighted by atomic mass is 10.0. The minimum Gasteiger partial charge on any atom is -0.396 e. The van der Waals surface area contributed by atoms with Crippen molar-refractivity contribution >= 4 is 0 Å². The molecule has 0 saturated heterocycles. The van der Waals surface area contributed by atoms with Crippen LogP contribution < -0.4 is 0 Å². The summed E-state index contributed by atoms with van der Waals surface area (Å²) in [5.74, 6) is 0.158. The van der Waals surface area contributed by atoms with Crippen molar-refractivity contribution in [1.82, 2.24) is 0 Å². The molecule has 0 aromatic rings. The van der Waals surface area contributed by atoms with Gasteiger partial charge in [0.15, 0.2) is 0 Å². The van der Waals surface area contributed by atoms with Crippen LogP contribution in [0.2, 0.25) is 0 Å². The van der Waals surface area contributed by atoms with E-state index in [1.165, 1.54) is 6.08 Å². The maximum Gasteiger partial charge on any atom is 0.0831 e. The zero-order chi connectivity index (χ0) is 9.61. The summed E-state index contributed by atoms with van der Waals surface area (Å²) in [7, 11) is 0. The van der Waals surface area contributed by atoms with Crippen LogP contribution in [0.25, 0.3) is 0 Å². The van der Waals surface area contributed by atoms with Gasteiger partial charge < -0.3 is 10.2 Å². The van der Waals surface area contributed by atoms with Crippen molar-refractivity contribution in [2.45, 2.75) is 25.9 Å². The molecular formula is C10H18O2. The molecule has 0 heterocycles. The number of hydrogen-bond acceptors (Lipinski definition) is 2. The maximum absolute atomic E-state index is 9.48. The summed E-state index contributed by atoms with van der Waals surface area (Å²) >= 11 is 0. The van der Waals surface area contributed by atoms with Crippen molar-refractivity contribution in [3.8, 4) is 0 Å². The SMILES string of the molecule is C=CC(C)(O)CC=CC(C)CO. The lowest BCUT2D eigenvalue weighted by molar-refractivity contribution is 0.115. The van der Waals surface area contributed by atoms with Gasteiger partial charge in [0.1, 0.15) is 0 Å². The molecule has 2 atom stereocenters. The third-order valence-corrected chi connectivity index (χ3v) is 1.72. The van der Waals surface area contributed by atoms with Gasteiger partial charge in [-0.15, -0.1) is 6.58 Å². The molecule has 0 amide bonds. The first-order chi connectivity index (χ1) is 5.52. The first-order valence-corrected chi connectivity index (χ1v) is 4.15. The van der Waals surface area contributed by atoms with Crippen LogP contribution in [0.5, 0.6) is 0 Å². The Bertz CT molecular complexity index is 159. The van der Waals surface area contributed by atoms with Crippen LogP contribution in [0.1, 0.15) is 20.3 Å². The van der Waals surface area contributed by atoms with Gasteiger partial charge in [-0.1, -0.05) is 25.2 Å². The van der Waals surface area contributed by atoms with Crippen molar-refractivity contribution < 1.29 is 10.2 Å². The van der Waals surface area contributed by atoms with Gasteiger partial charge in [-0.25, -0.2) is 0 Å². The number of hydrogen-bond donors (Lipinski definition) is 2. The van der Waals surface area contributed by atoms with Gasteiger partial charge in [-0.3, -0.25) is 0 Å². The first-order valence-electron chi connectivity index (χ1n) is 4.15. The van der Waals surface area contributed by atoms with Crippen molar-refractivity contribution in [3.63, 3.8) is 0 Å². The summed E-state index contributed by atoms with van der Waals surface area (Å²) < 4.78 is 0. The molecule has 0 aliphatic carbocycles. The molecule has 0 bridgehead atoms. The second-order valence-corrected chi connectivity index (χ2v) is 3.35. The molecule has 0 aliphatic rings. The summed E-state index contributed by atoms with van der Waals surface area (Å²) in [6.07, 6.45) is 5.81. The van der Waals surface area contributed by atoms with Crippen molar-refractivity contribution in [2.75, 3.05) is 6.61 Å². The van der Waals surface area contributed by atoms with Crippen LogP contribution in [0, 0.1) is 5.92 Å². The average Bonchev–Trinajstić information content (AvgIpc) is 2.04. The minimum absolute atomic E-state index is 0.146. The molecule has 0 rings (SSSR count). The van der Waals surface area contributed by atoms with Crippen LogP contribution >= 0.6 is 0 Å². The Labute approximate surface area is 74.2 Å². The molecule has 70 valence electrons. The van der Waals surface area contributed by atoms with E-state index in [0.717, 1.165) is 0 Å². The molecule has 2 N–H and O–H groups in total. The van der Waals surface area contributed by atoms with Gasteiger partial charge in [-0.05, 0) is 19.3 Å². The Kier molecular flexibility index (Phi) is 4.86. The third kappa shape index (κ3) is 5.10. The molecule has 0 aromatic carbocycles. The predicted octanol–water partition coefficient (Wildman–Crippen LogP) is 1.50. The smallest absolute Gasteiger partial charge is 0.0831 e. The van der Waals surface area contributed by atoms with Gasteiger partial charge in [0.2, 0.25) is 0 Å². The highest BCUT2D eigenvalue weighted by atomic mass is 16.3. The fourth-order valence-corrected chi connectivity index (χ4v) is 0.683. The predicted molar refractivity (Wildman–Crippen MR) is 50.8 cm³/mol. The normalized spacial score (nSPS) is 19.0. The number of aliphatic hydroxyl groups excluding tert-OH is 1. The van der Waals surface area contributed by atoms with Crippen molar-refractivity contribution in [2.24, 2.45) is 5.92 Å². The van der Waals surface area contributed by atoms with Gasteiger partial charge in [0, 0.05) is 6.61 Å². The quantitative estimate of drug-likeness (QED) is 0.614. The maximum atomic E-state index is 9.48. The Balaban J connectivity index is 3.81. The van der Waals surface area contributed by atoms with Crippen LogP contribution in [0.15, 0.2) is 24.8 Å². The summed E-state index contributed by atoms with van der Waals surface area (Å²) in [6, 6.07) is 0. The summed E-state index contributed by atoms with van der Waals surface area (Å²) in [4.78, 5) is 0. The monoisotopic (exact) mass is 170 g/mol.